The Morgan fingerprint density at radius 1 is 0.800 bits per heavy atom. The average Bonchev–Trinajstić information content (AvgIpc) is 2.95. The Morgan fingerprint density at radius 2 is 1.42 bits per heavy atom. The van der Waals surface area contributed by atoms with E-state index < -0.39 is 34.4 Å². The van der Waals surface area contributed by atoms with E-state index >= 15 is 0 Å². The van der Waals surface area contributed by atoms with Crippen LogP contribution in [0.15, 0.2) is 11.6 Å². The number of rotatable bonds is 5. The summed E-state index contributed by atoms with van der Waals surface area (Å²) in [6.45, 7) is 18.2. The van der Waals surface area contributed by atoms with Crippen LogP contribution in [0.1, 0.15) is 120 Å². The lowest BCUT2D eigenvalue weighted by molar-refractivity contribution is -0.263. The van der Waals surface area contributed by atoms with Gasteiger partial charge in [-0.3, -0.25) is 19.2 Å². The van der Waals surface area contributed by atoms with E-state index in [2.05, 4.69) is 47.6 Å². The van der Waals surface area contributed by atoms with Crippen molar-refractivity contribution in [3.05, 3.63) is 11.6 Å². The molecule has 5 rings (SSSR count). The van der Waals surface area contributed by atoms with Crippen molar-refractivity contribution in [2.45, 2.75) is 132 Å². The van der Waals surface area contributed by atoms with Crippen molar-refractivity contribution in [2.24, 2.45) is 50.2 Å². The molecule has 0 amide bonds. The first-order chi connectivity index (χ1) is 20.8. The standard InChI is InChI=1S/C37H56O8/c1-22(38)43-21-34(6)27-13-14-36(8)28(37(27,9)30(45-24(3)40)19-29(34)44-23(2)39)12-11-25-26-20-33(5,31(41)42-10)16-15-32(26,4)17-18-35(25,36)7/h11,26-30H,12-21H2,1-10H3/t26-,27-,28-,29-,30-,32+,33+,34-,35+,36+,37-/m0/s1. The number of hydrogen-bond donors (Lipinski definition) is 0. The molecule has 5 aliphatic carbocycles. The third-order valence-electron chi connectivity index (χ3n) is 14.5. The van der Waals surface area contributed by atoms with Crippen LogP contribution in [-0.4, -0.2) is 49.8 Å². The summed E-state index contributed by atoms with van der Waals surface area (Å²) in [5, 5.41) is 0. The summed E-state index contributed by atoms with van der Waals surface area (Å²) in [5.74, 6) is -0.743. The van der Waals surface area contributed by atoms with Gasteiger partial charge < -0.3 is 18.9 Å². The van der Waals surface area contributed by atoms with Crippen molar-refractivity contribution in [3.8, 4) is 0 Å². The zero-order chi connectivity index (χ0) is 33.4. The van der Waals surface area contributed by atoms with Crippen LogP contribution in [0.25, 0.3) is 0 Å². The quantitative estimate of drug-likeness (QED) is 0.183. The van der Waals surface area contributed by atoms with Gasteiger partial charge in [0, 0.05) is 38.0 Å². The first-order valence-corrected chi connectivity index (χ1v) is 17.1. The molecule has 5 aliphatic rings. The highest BCUT2D eigenvalue weighted by Crippen LogP contribution is 2.76. The van der Waals surface area contributed by atoms with E-state index in [4.69, 9.17) is 18.9 Å². The fraction of sp³-hybridized carbons (Fsp3) is 0.838. The molecule has 8 heteroatoms. The topological polar surface area (TPSA) is 105 Å². The van der Waals surface area contributed by atoms with Crippen molar-refractivity contribution in [1.82, 2.24) is 0 Å². The highest BCUT2D eigenvalue weighted by Gasteiger charge is 2.72. The van der Waals surface area contributed by atoms with E-state index in [0.717, 1.165) is 51.4 Å². The SMILES string of the molecule is COC(=O)[C@]1(C)CC[C@]2(C)CC[C@]3(C)C(=CC[C@@H]4[C@@]5(C)[C@@H](OC(C)=O)C[C@H](OC(C)=O)[C@@](C)(COC(C)=O)[C@@H]5CC[C@]43C)[C@@H]2C1. The minimum absolute atomic E-state index is 0.0189. The summed E-state index contributed by atoms with van der Waals surface area (Å²) in [4.78, 5) is 50.1. The molecule has 0 N–H and O–H groups in total. The van der Waals surface area contributed by atoms with Crippen LogP contribution in [0, 0.1) is 50.2 Å². The Balaban J connectivity index is 1.61. The van der Waals surface area contributed by atoms with Gasteiger partial charge in [-0.25, -0.2) is 0 Å². The molecule has 0 aromatic heterocycles. The Labute approximate surface area is 269 Å². The van der Waals surface area contributed by atoms with Crippen molar-refractivity contribution in [3.63, 3.8) is 0 Å². The van der Waals surface area contributed by atoms with Gasteiger partial charge in [0.1, 0.15) is 18.8 Å². The Morgan fingerprint density at radius 3 is 2.02 bits per heavy atom. The lowest BCUT2D eigenvalue weighted by atomic mass is 9.33. The molecule has 0 heterocycles. The zero-order valence-electron chi connectivity index (χ0n) is 29.3. The molecule has 0 spiro atoms. The van der Waals surface area contributed by atoms with Gasteiger partial charge >= 0.3 is 23.9 Å². The maximum atomic E-state index is 13.0. The molecule has 0 aromatic carbocycles. The molecular formula is C37H56O8. The number of carbonyl (C=O) groups is 4. The second-order valence-electron chi connectivity index (χ2n) is 16.8. The summed E-state index contributed by atoms with van der Waals surface area (Å²) in [7, 11) is 1.50. The van der Waals surface area contributed by atoms with Gasteiger partial charge in [0.25, 0.3) is 0 Å². The van der Waals surface area contributed by atoms with Crippen molar-refractivity contribution >= 4 is 23.9 Å². The minimum Gasteiger partial charge on any atom is -0.469 e. The zero-order valence-corrected chi connectivity index (χ0v) is 29.3. The molecule has 8 nitrogen and oxygen atoms in total. The number of allylic oxidation sites excluding steroid dienone is 2. The van der Waals surface area contributed by atoms with Crippen LogP contribution >= 0.6 is 0 Å². The van der Waals surface area contributed by atoms with Crippen LogP contribution in [0.5, 0.6) is 0 Å². The number of hydrogen-bond acceptors (Lipinski definition) is 8. The highest BCUT2D eigenvalue weighted by molar-refractivity contribution is 5.76. The van der Waals surface area contributed by atoms with Crippen molar-refractivity contribution < 1.29 is 38.1 Å². The normalized spacial score (nSPS) is 47.0. The van der Waals surface area contributed by atoms with E-state index in [1.165, 1.54) is 33.5 Å². The second kappa shape index (κ2) is 11.1. The molecule has 0 bridgehead atoms. The maximum Gasteiger partial charge on any atom is 0.311 e. The first-order valence-electron chi connectivity index (χ1n) is 17.1. The van der Waals surface area contributed by atoms with Gasteiger partial charge in [0.15, 0.2) is 0 Å². The van der Waals surface area contributed by atoms with Crippen LogP contribution in [0.2, 0.25) is 0 Å². The van der Waals surface area contributed by atoms with E-state index in [9.17, 15) is 19.2 Å². The summed E-state index contributed by atoms with van der Waals surface area (Å²) >= 11 is 0. The van der Waals surface area contributed by atoms with E-state index in [1.54, 1.807) is 0 Å². The summed E-state index contributed by atoms with van der Waals surface area (Å²) in [6, 6.07) is 0. The van der Waals surface area contributed by atoms with Gasteiger partial charge in [0.2, 0.25) is 0 Å². The van der Waals surface area contributed by atoms with Crippen molar-refractivity contribution in [2.75, 3.05) is 13.7 Å². The Kier molecular flexibility index (Phi) is 8.39. The molecule has 0 aromatic rings. The number of ether oxygens (including phenoxy) is 4. The van der Waals surface area contributed by atoms with Gasteiger partial charge in [-0.15, -0.1) is 0 Å². The van der Waals surface area contributed by atoms with Gasteiger partial charge in [-0.05, 0) is 92.3 Å². The summed E-state index contributed by atoms with van der Waals surface area (Å²) in [6.07, 6.45) is 9.34. The third-order valence-corrected chi connectivity index (χ3v) is 14.5. The minimum atomic E-state index is -0.647. The molecule has 0 radical (unpaired) electrons. The fourth-order valence-corrected chi connectivity index (χ4v) is 11.7. The average molecular weight is 629 g/mol. The largest absolute Gasteiger partial charge is 0.469 e. The Bertz CT molecular complexity index is 1290. The van der Waals surface area contributed by atoms with Crippen LogP contribution < -0.4 is 0 Å². The van der Waals surface area contributed by atoms with Crippen molar-refractivity contribution in [1.29, 1.82) is 0 Å². The molecule has 0 unspecified atom stereocenters. The van der Waals surface area contributed by atoms with Gasteiger partial charge in [-0.2, -0.15) is 0 Å². The summed E-state index contributed by atoms with van der Waals surface area (Å²) in [5.41, 5.74) is -0.136. The smallest absolute Gasteiger partial charge is 0.311 e. The molecule has 45 heavy (non-hydrogen) atoms. The van der Waals surface area contributed by atoms with E-state index in [1.807, 2.05) is 0 Å². The van der Waals surface area contributed by atoms with Crippen LogP contribution in [-0.2, 0) is 38.1 Å². The molecule has 11 atom stereocenters. The maximum absolute atomic E-state index is 13.0. The predicted octanol–water partition coefficient (Wildman–Crippen LogP) is 6.98. The molecule has 0 saturated heterocycles. The number of methoxy groups -OCH3 is 1. The number of esters is 4. The summed E-state index contributed by atoms with van der Waals surface area (Å²) < 4.78 is 23.2. The molecular weight excluding hydrogens is 572 g/mol. The lowest BCUT2D eigenvalue weighted by Gasteiger charge is -2.72. The molecule has 0 aliphatic heterocycles. The molecule has 4 saturated carbocycles. The highest BCUT2D eigenvalue weighted by atomic mass is 16.6. The second-order valence-corrected chi connectivity index (χ2v) is 16.8. The van der Waals surface area contributed by atoms with E-state index in [-0.39, 0.29) is 52.6 Å². The third kappa shape index (κ3) is 4.97. The number of carbonyl (C=O) groups excluding carboxylic acids is 4. The first kappa shape index (κ1) is 34.0. The van der Waals surface area contributed by atoms with Gasteiger partial charge in [0.05, 0.1) is 12.5 Å². The van der Waals surface area contributed by atoms with Crippen LogP contribution in [0.4, 0.5) is 0 Å². The molecule has 4 fully saturated rings. The van der Waals surface area contributed by atoms with E-state index in [0.29, 0.717) is 12.3 Å². The lowest BCUT2D eigenvalue weighted by Crippen LogP contribution is -2.70. The number of fused-ring (bicyclic) bond motifs is 7. The molecule has 252 valence electrons. The predicted molar refractivity (Wildman–Crippen MR) is 169 cm³/mol. The Hall–Kier alpha value is -2.38. The van der Waals surface area contributed by atoms with Gasteiger partial charge in [-0.1, -0.05) is 46.3 Å². The monoisotopic (exact) mass is 628 g/mol. The fourth-order valence-electron chi connectivity index (χ4n) is 11.7. The van der Waals surface area contributed by atoms with Crippen LogP contribution in [0.3, 0.4) is 0 Å².